The van der Waals surface area contributed by atoms with Gasteiger partial charge in [-0.3, -0.25) is 0 Å². The minimum Gasteiger partial charge on any atom is -0.399 e. The zero-order valence-electron chi connectivity index (χ0n) is 12.3. The van der Waals surface area contributed by atoms with Gasteiger partial charge in [0.05, 0.1) is 11.3 Å². The second-order valence-electron chi connectivity index (χ2n) is 4.73. The summed E-state index contributed by atoms with van der Waals surface area (Å²) in [5, 5.41) is 9.47. The molecule has 0 radical (unpaired) electrons. The zero-order chi connectivity index (χ0) is 15.2. The normalized spacial score (nSPS) is 10.1. The van der Waals surface area contributed by atoms with E-state index in [1.807, 2.05) is 42.7 Å². The van der Waals surface area contributed by atoms with Gasteiger partial charge >= 0.3 is 0 Å². The van der Waals surface area contributed by atoms with Crippen LogP contribution < -0.4 is 10.6 Å². The Labute approximate surface area is 130 Å². The smallest absolute Gasteiger partial charge is 0.103 e. The van der Waals surface area contributed by atoms with Crippen molar-refractivity contribution in [1.29, 1.82) is 5.26 Å². The first kappa shape index (κ1) is 15.3. The van der Waals surface area contributed by atoms with Gasteiger partial charge in [0.1, 0.15) is 6.07 Å². The van der Waals surface area contributed by atoms with Crippen molar-refractivity contribution in [3.05, 3.63) is 53.6 Å². The first-order valence-electron chi connectivity index (χ1n) is 6.86. The Morgan fingerprint density at radius 2 is 2.00 bits per heavy atom. The lowest BCUT2D eigenvalue weighted by atomic mass is 10.1. The molecule has 0 atom stereocenters. The predicted octanol–water partition coefficient (Wildman–Crippen LogP) is 3.89. The number of nitrogens with two attached hydrogens (primary N) is 1. The third-order valence-corrected chi connectivity index (χ3v) is 4.16. The van der Waals surface area contributed by atoms with Gasteiger partial charge in [0.15, 0.2) is 0 Å². The van der Waals surface area contributed by atoms with Crippen LogP contribution in [-0.2, 0) is 6.54 Å². The highest BCUT2D eigenvalue weighted by Gasteiger charge is 2.13. The van der Waals surface area contributed by atoms with E-state index in [1.165, 1.54) is 0 Å². The SMILES string of the molecule is CCN(Cc1cccc(N)c1)c1cccc(SC)c1C#N. The van der Waals surface area contributed by atoms with Crippen molar-refractivity contribution in [3.63, 3.8) is 0 Å². The van der Waals surface area contributed by atoms with Crippen molar-refractivity contribution in [2.24, 2.45) is 0 Å². The number of rotatable bonds is 5. The van der Waals surface area contributed by atoms with Crippen LogP contribution in [0.1, 0.15) is 18.1 Å². The fourth-order valence-corrected chi connectivity index (χ4v) is 2.91. The number of hydrogen-bond donors (Lipinski definition) is 1. The van der Waals surface area contributed by atoms with Crippen molar-refractivity contribution in [3.8, 4) is 6.07 Å². The standard InChI is InChI=1S/C17H19N3S/c1-3-20(12-13-6-4-7-14(19)10-13)16-8-5-9-17(21-2)15(16)11-18/h4-10H,3,12,19H2,1-2H3. The molecule has 0 fully saturated rings. The first-order valence-corrected chi connectivity index (χ1v) is 8.08. The van der Waals surface area contributed by atoms with Gasteiger partial charge in [0.2, 0.25) is 0 Å². The molecule has 0 spiro atoms. The van der Waals surface area contributed by atoms with E-state index in [0.717, 1.165) is 40.5 Å². The molecule has 0 amide bonds. The highest BCUT2D eigenvalue weighted by Crippen LogP contribution is 2.30. The van der Waals surface area contributed by atoms with E-state index >= 15 is 0 Å². The summed E-state index contributed by atoms with van der Waals surface area (Å²) in [7, 11) is 0. The molecule has 2 aromatic rings. The Bertz CT molecular complexity index is 661. The van der Waals surface area contributed by atoms with E-state index in [9.17, 15) is 5.26 Å². The molecule has 0 aliphatic carbocycles. The summed E-state index contributed by atoms with van der Waals surface area (Å²) in [5.41, 5.74) is 9.48. The molecule has 0 aliphatic rings. The summed E-state index contributed by atoms with van der Waals surface area (Å²) in [5.74, 6) is 0. The summed E-state index contributed by atoms with van der Waals surface area (Å²) >= 11 is 1.60. The van der Waals surface area contributed by atoms with Crippen LogP contribution in [0.5, 0.6) is 0 Å². The predicted molar refractivity (Wildman–Crippen MR) is 90.5 cm³/mol. The molecule has 3 nitrogen and oxygen atoms in total. The van der Waals surface area contributed by atoms with Crippen LogP contribution in [0.2, 0.25) is 0 Å². The maximum atomic E-state index is 9.47. The molecular weight excluding hydrogens is 278 g/mol. The summed E-state index contributed by atoms with van der Waals surface area (Å²) in [4.78, 5) is 3.22. The Morgan fingerprint density at radius 3 is 2.62 bits per heavy atom. The van der Waals surface area contributed by atoms with Gasteiger partial charge in [-0.15, -0.1) is 11.8 Å². The molecule has 0 aromatic heterocycles. The van der Waals surface area contributed by atoms with E-state index in [1.54, 1.807) is 11.8 Å². The van der Waals surface area contributed by atoms with Gasteiger partial charge in [-0.25, -0.2) is 0 Å². The third kappa shape index (κ3) is 3.50. The van der Waals surface area contributed by atoms with E-state index in [2.05, 4.69) is 24.0 Å². The minimum absolute atomic E-state index is 0.744. The number of hydrogen-bond acceptors (Lipinski definition) is 4. The molecular formula is C17H19N3S. The molecule has 2 N–H and O–H groups in total. The van der Waals surface area contributed by atoms with Crippen LogP contribution in [-0.4, -0.2) is 12.8 Å². The van der Waals surface area contributed by atoms with Crippen LogP contribution in [0, 0.1) is 11.3 Å². The molecule has 0 saturated heterocycles. The number of thioether (sulfide) groups is 1. The molecule has 0 bridgehead atoms. The van der Waals surface area contributed by atoms with E-state index < -0.39 is 0 Å². The summed E-state index contributed by atoms with van der Waals surface area (Å²) in [6.45, 7) is 3.68. The summed E-state index contributed by atoms with van der Waals surface area (Å²) < 4.78 is 0. The second-order valence-corrected chi connectivity index (χ2v) is 5.57. The van der Waals surface area contributed by atoms with Crippen molar-refractivity contribution < 1.29 is 0 Å². The second kappa shape index (κ2) is 7.05. The van der Waals surface area contributed by atoms with Gasteiger partial charge in [0, 0.05) is 23.7 Å². The van der Waals surface area contributed by atoms with Crippen LogP contribution in [0.15, 0.2) is 47.4 Å². The average molecular weight is 297 g/mol. The monoisotopic (exact) mass is 297 g/mol. The number of anilines is 2. The van der Waals surface area contributed by atoms with Gasteiger partial charge in [-0.1, -0.05) is 18.2 Å². The molecule has 0 saturated carbocycles. The minimum atomic E-state index is 0.744. The lowest BCUT2D eigenvalue weighted by Gasteiger charge is -2.25. The van der Waals surface area contributed by atoms with Crippen molar-refractivity contribution >= 4 is 23.1 Å². The number of nitrogens with zero attached hydrogens (tertiary/aromatic N) is 2. The van der Waals surface area contributed by atoms with Crippen LogP contribution >= 0.6 is 11.8 Å². The molecule has 0 unspecified atom stereocenters. The molecule has 21 heavy (non-hydrogen) atoms. The largest absolute Gasteiger partial charge is 0.399 e. The van der Waals surface area contributed by atoms with Crippen LogP contribution in [0.25, 0.3) is 0 Å². The summed E-state index contributed by atoms with van der Waals surface area (Å²) in [6.07, 6.45) is 1.99. The fraction of sp³-hybridized carbons (Fsp3) is 0.235. The first-order chi connectivity index (χ1) is 10.2. The van der Waals surface area contributed by atoms with Gasteiger partial charge in [0.25, 0.3) is 0 Å². The Morgan fingerprint density at radius 1 is 1.24 bits per heavy atom. The number of nitrogen functional groups attached to an aromatic ring is 1. The van der Waals surface area contributed by atoms with Gasteiger partial charge < -0.3 is 10.6 Å². The maximum Gasteiger partial charge on any atom is 0.103 e. The molecule has 0 heterocycles. The maximum absolute atomic E-state index is 9.47. The zero-order valence-corrected chi connectivity index (χ0v) is 13.2. The lowest BCUT2D eigenvalue weighted by molar-refractivity contribution is 0.828. The molecule has 2 aromatic carbocycles. The fourth-order valence-electron chi connectivity index (χ4n) is 2.34. The van der Waals surface area contributed by atoms with Crippen molar-refractivity contribution in [2.75, 3.05) is 23.4 Å². The average Bonchev–Trinajstić information content (AvgIpc) is 2.51. The number of nitriles is 1. The summed E-state index contributed by atoms with van der Waals surface area (Å²) in [6, 6.07) is 16.2. The highest BCUT2D eigenvalue weighted by atomic mass is 32.2. The quantitative estimate of drug-likeness (QED) is 0.672. The highest BCUT2D eigenvalue weighted by molar-refractivity contribution is 7.98. The van der Waals surface area contributed by atoms with E-state index in [-0.39, 0.29) is 0 Å². The Balaban J connectivity index is 2.36. The van der Waals surface area contributed by atoms with Gasteiger partial charge in [-0.2, -0.15) is 5.26 Å². The topological polar surface area (TPSA) is 53.0 Å². The lowest BCUT2D eigenvalue weighted by Crippen LogP contribution is -2.23. The van der Waals surface area contributed by atoms with Crippen LogP contribution in [0.3, 0.4) is 0 Å². The van der Waals surface area contributed by atoms with Crippen molar-refractivity contribution in [1.82, 2.24) is 0 Å². The molecule has 0 aliphatic heterocycles. The van der Waals surface area contributed by atoms with Crippen LogP contribution in [0.4, 0.5) is 11.4 Å². The molecule has 108 valence electrons. The van der Waals surface area contributed by atoms with E-state index in [0.29, 0.717) is 0 Å². The number of benzene rings is 2. The van der Waals surface area contributed by atoms with Crippen molar-refractivity contribution in [2.45, 2.75) is 18.4 Å². The molecule has 4 heteroatoms. The van der Waals surface area contributed by atoms with Gasteiger partial charge in [-0.05, 0) is 43.0 Å². The third-order valence-electron chi connectivity index (χ3n) is 3.38. The van der Waals surface area contributed by atoms with E-state index in [4.69, 9.17) is 5.73 Å². The Hall–Kier alpha value is -2.12. The Kier molecular flexibility index (Phi) is 5.13. The molecule has 2 rings (SSSR count).